The summed E-state index contributed by atoms with van der Waals surface area (Å²) in [4.78, 5) is 28.2. The van der Waals surface area contributed by atoms with Crippen LogP contribution in [0.25, 0.3) is 11.5 Å². The topological polar surface area (TPSA) is 72.2 Å². The Bertz CT molecular complexity index is 1350. The van der Waals surface area contributed by atoms with Crippen LogP contribution in [-0.4, -0.2) is 44.2 Å². The number of hydrogen-bond acceptors (Lipinski definition) is 3. The van der Waals surface area contributed by atoms with Crippen molar-refractivity contribution in [2.75, 3.05) is 13.1 Å². The summed E-state index contributed by atoms with van der Waals surface area (Å²) in [5.74, 6) is -0.840. The molecule has 2 aromatic heterocycles. The summed E-state index contributed by atoms with van der Waals surface area (Å²) < 4.78 is 30.0. The van der Waals surface area contributed by atoms with Gasteiger partial charge in [-0.05, 0) is 66.9 Å². The number of likely N-dealkylation sites (tertiary alicyclic amines) is 1. The summed E-state index contributed by atoms with van der Waals surface area (Å²) >= 11 is 0. The van der Waals surface area contributed by atoms with Crippen molar-refractivity contribution in [3.8, 4) is 11.5 Å². The van der Waals surface area contributed by atoms with E-state index < -0.39 is 0 Å². The van der Waals surface area contributed by atoms with E-state index in [2.05, 4.69) is 10.4 Å². The van der Waals surface area contributed by atoms with Crippen molar-refractivity contribution in [3.63, 3.8) is 0 Å². The molecule has 0 unspecified atom stereocenters. The number of carbonyl (C=O) groups is 2. The molecule has 4 aromatic rings. The van der Waals surface area contributed by atoms with Crippen molar-refractivity contribution in [1.82, 2.24) is 24.6 Å². The van der Waals surface area contributed by atoms with Crippen LogP contribution in [0.4, 0.5) is 8.78 Å². The zero-order valence-corrected chi connectivity index (χ0v) is 19.5. The first kappa shape index (κ1) is 23.5. The summed E-state index contributed by atoms with van der Waals surface area (Å²) in [6.45, 7) is 1.13. The van der Waals surface area contributed by atoms with E-state index in [0.717, 1.165) is 5.56 Å². The van der Waals surface area contributed by atoms with Crippen molar-refractivity contribution >= 4 is 11.8 Å². The number of aromatic nitrogens is 3. The van der Waals surface area contributed by atoms with Gasteiger partial charge in [0.1, 0.15) is 17.2 Å². The number of piperidine rings is 1. The monoisotopic (exact) mass is 489 g/mol. The van der Waals surface area contributed by atoms with Gasteiger partial charge in [0.2, 0.25) is 5.91 Å². The minimum absolute atomic E-state index is 0.135. The number of benzene rings is 2. The van der Waals surface area contributed by atoms with Crippen molar-refractivity contribution in [1.29, 1.82) is 0 Å². The first-order chi connectivity index (χ1) is 17.5. The number of carbonyl (C=O) groups excluding carboxylic acids is 2. The van der Waals surface area contributed by atoms with Crippen molar-refractivity contribution in [3.05, 3.63) is 102 Å². The molecule has 0 saturated carbocycles. The van der Waals surface area contributed by atoms with Crippen molar-refractivity contribution < 1.29 is 18.4 Å². The molecule has 36 heavy (non-hydrogen) atoms. The van der Waals surface area contributed by atoms with Gasteiger partial charge >= 0.3 is 0 Å². The Morgan fingerprint density at radius 1 is 0.972 bits per heavy atom. The Hall–Kier alpha value is -4.27. The van der Waals surface area contributed by atoms with Crippen LogP contribution in [0.3, 0.4) is 0 Å². The molecule has 1 aliphatic rings. The standard InChI is InChI=1S/C27H25F2N5O2/c28-21-7-5-19(6-8-21)16-30-25(35)20-4-3-15-33(18-20)27(36)24-17-31-34(23-11-9-22(29)10-12-23)26(24)32-13-1-2-14-32/h1-2,5-14,17,20H,3-4,15-16,18H2,(H,30,35)/t20-/m0/s1. The molecule has 2 amide bonds. The van der Waals surface area contributed by atoms with Gasteiger partial charge in [0.05, 0.1) is 17.8 Å². The van der Waals surface area contributed by atoms with Crippen LogP contribution in [0.5, 0.6) is 0 Å². The molecule has 0 radical (unpaired) electrons. The fourth-order valence-corrected chi connectivity index (χ4v) is 4.47. The Labute approximate surface area is 207 Å². The van der Waals surface area contributed by atoms with Crippen molar-refractivity contribution in [2.45, 2.75) is 19.4 Å². The molecule has 1 fully saturated rings. The van der Waals surface area contributed by atoms with Crippen LogP contribution in [0.15, 0.2) is 79.3 Å². The van der Waals surface area contributed by atoms with Gasteiger partial charge < -0.3 is 14.8 Å². The molecule has 1 saturated heterocycles. The van der Waals surface area contributed by atoms with Gasteiger partial charge in [0.25, 0.3) is 5.91 Å². The highest BCUT2D eigenvalue weighted by Gasteiger charge is 2.31. The quantitative estimate of drug-likeness (QED) is 0.443. The molecule has 7 nitrogen and oxygen atoms in total. The fraction of sp³-hybridized carbons (Fsp3) is 0.222. The average Bonchev–Trinajstić information content (AvgIpc) is 3.58. The van der Waals surface area contributed by atoms with E-state index in [1.54, 1.807) is 38.4 Å². The number of nitrogens with one attached hydrogen (secondary N) is 1. The summed E-state index contributed by atoms with van der Waals surface area (Å²) in [6.07, 6.45) is 6.52. The zero-order chi connectivity index (χ0) is 25.1. The summed E-state index contributed by atoms with van der Waals surface area (Å²) in [7, 11) is 0. The first-order valence-electron chi connectivity index (χ1n) is 11.8. The van der Waals surface area contributed by atoms with Gasteiger partial charge in [0, 0.05) is 32.0 Å². The molecule has 1 atom stereocenters. The second kappa shape index (κ2) is 10.2. The highest BCUT2D eigenvalue weighted by molar-refractivity contribution is 5.97. The second-order valence-corrected chi connectivity index (χ2v) is 8.79. The number of amides is 2. The number of rotatable bonds is 6. The molecular weight excluding hydrogens is 464 g/mol. The van der Waals surface area contributed by atoms with Gasteiger partial charge in [-0.3, -0.25) is 9.59 Å². The third-order valence-corrected chi connectivity index (χ3v) is 6.35. The predicted molar refractivity (Wildman–Crippen MR) is 130 cm³/mol. The highest BCUT2D eigenvalue weighted by Crippen LogP contribution is 2.24. The minimum Gasteiger partial charge on any atom is -0.352 e. The van der Waals surface area contributed by atoms with E-state index in [9.17, 15) is 18.4 Å². The number of halogens is 2. The van der Waals surface area contributed by atoms with Gasteiger partial charge in [0.15, 0.2) is 5.82 Å². The lowest BCUT2D eigenvalue weighted by atomic mass is 9.96. The molecule has 184 valence electrons. The maximum Gasteiger partial charge on any atom is 0.259 e. The van der Waals surface area contributed by atoms with Crippen LogP contribution < -0.4 is 5.32 Å². The van der Waals surface area contributed by atoms with E-state index in [4.69, 9.17) is 0 Å². The molecule has 5 rings (SSSR count). The molecule has 0 bridgehead atoms. The van der Waals surface area contributed by atoms with Crippen LogP contribution in [0.1, 0.15) is 28.8 Å². The van der Waals surface area contributed by atoms with Crippen LogP contribution in [0.2, 0.25) is 0 Å². The molecule has 0 spiro atoms. The lowest BCUT2D eigenvalue weighted by molar-refractivity contribution is -0.126. The third-order valence-electron chi connectivity index (χ3n) is 6.35. The van der Waals surface area contributed by atoms with E-state index in [0.29, 0.717) is 49.5 Å². The number of hydrogen-bond donors (Lipinski definition) is 1. The highest BCUT2D eigenvalue weighted by atomic mass is 19.1. The molecule has 9 heteroatoms. The van der Waals surface area contributed by atoms with E-state index in [1.807, 2.05) is 24.5 Å². The largest absolute Gasteiger partial charge is 0.352 e. The van der Waals surface area contributed by atoms with Gasteiger partial charge in [-0.25, -0.2) is 13.5 Å². The molecule has 0 aliphatic carbocycles. The SMILES string of the molecule is O=C(NCc1ccc(F)cc1)[C@H]1CCCN(C(=O)c2cnn(-c3ccc(F)cc3)c2-n2cccc2)C1. The Balaban J connectivity index is 1.34. The van der Waals surface area contributed by atoms with Gasteiger partial charge in [-0.15, -0.1) is 0 Å². The van der Waals surface area contributed by atoms with Crippen LogP contribution in [0, 0.1) is 17.6 Å². The maximum absolute atomic E-state index is 13.6. The molecule has 1 N–H and O–H groups in total. The second-order valence-electron chi connectivity index (χ2n) is 8.79. The minimum atomic E-state index is -0.359. The molecular formula is C27H25F2N5O2. The van der Waals surface area contributed by atoms with Gasteiger partial charge in [-0.1, -0.05) is 12.1 Å². The Kier molecular flexibility index (Phi) is 6.62. The lowest BCUT2D eigenvalue weighted by Gasteiger charge is -2.32. The summed E-state index contributed by atoms with van der Waals surface area (Å²) in [5.41, 5.74) is 1.82. The molecule has 3 heterocycles. The van der Waals surface area contributed by atoms with Crippen LogP contribution in [-0.2, 0) is 11.3 Å². The average molecular weight is 490 g/mol. The maximum atomic E-state index is 13.6. The molecule has 1 aliphatic heterocycles. The smallest absolute Gasteiger partial charge is 0.259 e. The summed E-state index contributed by atoms with van der Waals surface area (Å²) in [6, 6.07) is 15.6. The normalized spacial score (nSPS) is 15.6. The predicted octanol–water partition coefficient (Wildman–Crippen LogP) is 4.11. The summed E-state index contributed by atoms with van der Waals surface area (Å²) in [5, 5.41) is 7.33. The Morgan fingerprint density at radius 3 is 2.33 bits per heavy atom. The van der Waals surface area contributed by atoms with Crippen LogP contribution >= 0.6 is 0 Å². The van der Waals surface area contributed by atoms with Gasteiger partial charge in [-0.2, -0.15) is 5.10 Å². The Morgan fingerprint density at radius 2 is 1.64 bits per heavy atom. The lowest BCUT2D eigenvalue weighted by Crippen LogP contribution is -2.45. The number of nitrogens with zero attached hydrogens (tertiary/aromatic N) is 4. The van der Waals surface area contributed by atoms with E-state index in [-0.39, 0.29) is 29.4 Å². The van der Waals surface area contributed by atoms with Crippen molar-refractivity contribution in [2.24, 2.45) is 5.92 Å². The zero-order valence-electron chi connectivity index (χ0n) is 19.5. The van der Waals surface area contributed by atoms with E-state index >= 15 is 0 Å². The first-order valence-corrected chi connectivity index (χ1v) is 11.8. The fourth-order valence-electron chi connectivity index (χ4n) is 4.47. The third kappa shape index (κ3) is 4.91. The van der Waals surface area contributed by atoms with E-state index in [1.165, 1.54) is 30.5 Å². The molecule has 2 aromatic carbocycles.